The smallest absolute Gasteiger partial charge is 0.250 e. The molecule has 0 radical (unpaired) electrons. The molecule has 0 bridgehead atoms. The summed E-state index contributed by atoms with van der Waals surface area (Å²) < 4.78 is 38.9. The molecule has 2 unspecified atom stereocenters. The molecule has 5 nitrogen and oxygen atoms in total. The van der Waals surface area contributed by atoms with Crippen molar-refractivity contribution in [3.8, 4) is 0 Å². The van der Waals surface area contributed by atoms with Crippen molar-refractivity contribution in [3.63, 3.8) is 0 Å². The largest absolute Gasteiger partial charge is 0.313 e. The van der Waals surface area contributed by atoms with Crippen LogP contribution in [0.3, 0.4) is 0 Å². The van der Waals surface area contributed by atoms with Gasteiger partial charge in [-0.1, -0.05) is 41.5 Å². The number of fused-ring (bicyclic) bond motifs is 1. The fourth-order valence-electron chi connectivity index (χ4n) is 2.75. The first-order valence-corrected chi connectivity index (χ1v) is 10.9. The Kier molecular flexibility index (Phi) is 4.78. The summed E-state index contributed by atoms with van der Waals surface area (Å²) in [5.41, 5.74) is 0.241. The van der Waals surface area contributed by atoms with Crippen LogP contribution in [-0.4, -0.2) is 42.3 Å². The fraction of sp³-hybridized carbons (Fsp3) is 0.467. The minimum Gasteiger partial charge on any atom is -0.313 e. The number of aliphatic imine (C=N–C) groups is 1. The number of carbonyl (C=O) groups is 1. The molecule has 0 N–H and O–H groups in total. The van der Waals surface area contributed by atoms with Gasteiger partial charge in [-0.3, -0.25) is 4.79 Å². The van der Waals surface area contributed by atoms with Crippen molar-refractivity contribution < 1.29 is 17.6 Å². The molecule has 24 heavy (non-hydrogen) atoms. The standard InChI is InChI=1S/C15H16BrFN2O3S2/c1-8(2)14(20)18-15-19(11-4-3-9(16)5-10(11)17)12-6-24(21,22)7-13(12)23-15/h3-5,8,12-13H,6-7H2,1-2H3. The van der Waals surface area contributed by atoms with Gasteiger partial charge < -0.3 is 4.90 Å². The summed E-state index contributed by atoms with van der Waals surface area (Å²) in [5.74, 6) is -1.11. The van der Waals surface area contributed by atoms with Crippen LogP contribution in [0.25, 0.3) is 0 Å². The molecule has 2 aliphatic rings. The average molecular weight is 435 g/mol. The van der Waals surface area contributed by atoms with Gasteiger partial charge in [0.25, 0.3) is 5.91 Å². The maximum atomic E-state index is 14.5. The van der Waals surface area contributed by atoms with E-state index in [1.165, 1.54) is 17.8 Å². The molecule has 2 fully saturated rings. The van der Waals surface area contributed by atoms with Crippen LogP contribution in [-0.2, 0) is 14.6 Å². The Labute approximate surface area is 152 Å². The first kappa shape index (κ1) is 17.9. The summed E-state index contributed by atoms with van der Waals surface area (Å²) in [5, 5.41) is 0.136. The normalized spacial score (nSPS) is 27.0. The van der Waals surface area contributed by atoms with Crippen LogP contribution < -0.4 is 4.90 Å². The molecule has 2 heterocycles. The van der Waals surface area contributed by atoms with Gasteiger partial charge >= 0.3 is 0 Å². The maximum Gasteiger partial charge on any atom is 0.250 e. The number of carbonyl (C=O) groups excluding carboxylic acids is 1. The Morgan fingerprint density at radius 2 is 2.12 bits per heavy atom. The zero-order valence-electron chi connectivity index (χ0n) is 13.1. The van der Waals surface area contributed by atoms with Gasteiger partial charge in [0.05, 0.1) is 23.2 Å². The first-order chi connectivity index (χ1) is 11.2. The summed E-state index contributed by atoms with van der Waals surface area (Å²) in [6.07, 6.45) is 0. The van der Waals surface area contributed by atoms with E-state index in [9.17, 15) is 17.6 Å². The molecule has 9 heteroatoms. The predicted octanol–water partition coefficient (Wildman–Crippen LogP) is 2.85. The molecule has 1 amide bonds. The number of hydrogen-bond acceptors (Lipinski definition) is 4. The van der Waals surface area contributed by atoms with Crippen LogP contribution >= 0.6 is 27.7 Å². The van der Waals surface area contributed by atoms with Crippen molar-refractivity contribution in [1.29, 1.82) is 0 Å². The van der Waals surface area contributed by atoms with Gasteiger partial charge in [-0.05, 0) is 18.2 Å². The maximum absolute atomic E-state index is 14.5. The second-order valence-electron chi connectivity index (χ2n) is 6.15. The summed E-state index contributed by atoms with van der Waals surface area (Å²) in [6, 6.07) is 4.16. The summed E-state index contributed by atoms with van der Waals surface area (Å²) in [7, 11) is -3.17. The van der Waals surface area contributed by atoms with Crippen molar-refractivity contribution in [2.75, 3.05) is 16.4 Å². The van der Waals surface area contributed by atoms with Crippen LogP contribution in [0.5, 0.6) is 0 Å². The second-order valence-corrected chi connectivity index (χ2v) is 10.4. The molecule has 0 spiro atoms. The molecule has 0 aliphatic carbocycles. The number of sulfone groups is 1. The highest BCUT2D eigenvalue weighted by Crippen LogP contribution is 2.42. The third-order valence-electron chi connectivity index (χ3n) is 3.94. The summed E-state index contributed by atoms with van der Waals surface area (Å²) in [4.78, 5) is 17.7. The van der Waals surface area contributed by atoms with Crippen molar-refractivity contribution in [1.82, 2.24) is 0 Å². The molecule has 2 aliphatic heterocycles. The van der Waals surface area contributed by atoms with Crippen LogP contribution in [0, 0.1) is 11.7 Å². The Morgan fingerprint density at radius 1 is 1.42 bits per heavy atom. The molecule has 3 rings (SSSR count). The van der Waals surface area contributed by atoms with E-state index in [1.54, 1.807) is 30.9 Å². The molecule has 0 aromatic heterocycles. The van der Waals surface area contributed by atoms with Gasteiger partial charge in [-0.2, -0.15) is 4.99 Å². The molecule has 0 saturated carbocycles. The third-order valence-corrected chi connectivity index (χ3v) is 7.64. The molecule has 1 aromatic rings. The number of benzene rings is 1. The van der Waals surface area contributed by atoms with E-state index in [0.29, 0.717) is 9.64 Å². The third kappa shape index (κ3) is 3.39. The lowest BCUT2D eigenvalue weighted by molar-refractivity contribution is -0.120. The minimum absolute atomic E-state index is 0.0197. The number of amidine groups is 1. The SMILES string of the molecule is CC(C)C(=O)N=C1SC2CS(=O)(=O)CC2N1c1ccc(Br)cc1F. The van der Waals surface area contributed by atoms with E-state index in [0.717, 1.165) is 0 Å². The highest BCUT2D eigenvalue weighted by molar-refractivity contribution is 9.10. The Morgan fingerprint density at radius 3 is 2.75 bits per heavy atom. The first-order valence-electron chi connectivity index (χ1n) is 7.42. The number of rotatable bonds is 2. The predicted molar refractivity (Wildman–Crippen MR) is 97.7 cm³/mol. The lowest BCUT2D eigenvalue weighted by Gasteiger charge is -2.25. The van der Waals surface area contributed by atoms with Crippen molar-refractivity contribution in [2.24, 2.45) is 10.9 Å². The van der Waals surface area contributed by atoms with Crippen molar-refractivity contribution in [2.45, 2.75) is 25.1 Å². The van der Waals surface area contributed by atoms with Crippen LogP contribution in [0.2, 0.25) is 0 Å². The van der Waals surface area contributed by atoms with Gasteiger partial charge in [0, 0.05) is 15.6 Å². The number of amides is 1. The van der Waals surface area contributed by atoms with Gasteiger partial charge in [0.2, 0.25) is 0 Å². The van der Waals surface area contributed by atoms with E-state index in [1.807, 2.05) is 0 Å². The van der Waals surface area contributed by atoms with Crippen LogP contribution in [0.1, 0.15) is 13.8 Å². The number of thioether (sulfide) groups is 1. The highest BCUT2D eigenvalue weighted by atomic mass is 79.9. The minimum atomic E-state index is -3.17. The molecule has 2 atom stereocenters. The quantitative estimate of drug-likeness (QED) is 0.715. The topological polar surface area (TPSA) is 66.8 Å². The molecule has 1 aromatic carbocycles. The Hall–Kier alpha value is -0.930. The zero-order valence-corrected chi connectivity index (χ0v) is 16.3. The lowest BCUT2D eigenvalue weighted by atomic mass is 10.2. The second kappa shape index (κ2) is 6.42. The monoisotopic (exact) mass is 434 g/mol. The Bertz CT molecular complexity index is 826. The fourth-order valence-corrected chi connectivity index (χ4v) is 6.99. The van der Waals surface area contributed by atoms with E-state index < -0.39 is 21.7 Å². The molecular formula is C15H16BrFN2O3S2. The van der Waals surface area contributed by atoms with E-state index in [4.69, 9.17) is 0 Å². The van der Waals surface area contributed by atoms with Gasteiger partial charge in [0.1, 0.15) is 5.82 Å². The number of anilines is 1. The van der Waals surface area contributed by atoms with Crippen LogP contribution in [0.4, 0.5) is 10.1 Å². The van der Waals surface area contributed by atoms with Crippen molar-refractivity contribution >= 4 is 54.3 Å². The Balaban J connectivity index is 2.06. The average Bonchev–Trinajstić information content (AvgIpc) is 2.91. The van der Waals surface area contributed by atoms with E-state index in [2.05, 4.69) is 20.9 Å². The molecule has 2 saturated heterocycles. The van der Waals surface area contributed by atoms with Crippen molar-refractivity contribution in [3.05, 3.63) is 28.5 Å². The molecular weight excluding hydrogens is 419 g/mol. The van der Waals surface area contributed by atoms with Gasteiger partial charge in [-0.25, -0.2) is 12.8 Å². The number of halogens is 2. The summed E-state index contributed by atoms with van der Waals surface area (Å²) >= 11 is 4.45. The molecule has 130 valence electrons. The number of hydrogen-bond donors (Lipinski definition) is 0. The van der Waals surface area contributed by atoms with Crippen LogP contribution in [0.15, 0.2) is 27.7 Å². The zero-order chi connectivity index (χ0) is 17.6. The van der Waals surface area contributed by atoms with Gasteiger partial charge in [-0.15, -0.1) is 0 Å². The lowest BCUT2D eigenvalue weighted by Crippen LogP contribution is -2.38. The summed E-state index contributed by atoms with van der Waals surface area (Å²) in [6.45, 7) is 3.48. The highest BCUT2D eigenvalue weighted by Gasteiger charge is 2.50. The van der Waals surface area contributed by atoms with E-state index >= 15 is 0 Å². The number of nitrogens with zero attached hydrogens (tertiary/aromatic N) is 2. The van der Waals surface area contributed by atoms with E-state index in [-0.39, 0.29) is 34.3 Å². The van der Waals surface area contributed by atoms with Gasteiger partial charge in [0.15, 0.2) is 15.0 Å².